The molecule has 0 fully saturated rings. The van der Waals surface area contributed by atoms with Gasteiger partial charge in [-0.1, -0.05) is 6.92 Å². The highest BCUT2D eigenvalue weighted by atomic mass is 16.5. The second kappa shape index (κ2) is 8.90. The fraction of sp³-hybridized carbons (Fsp3) is 1.00. The minimum absolute atomic E-state index is 0.284. The Morgan fingerprint density at radius 2 is 1.94 bits per heavy atom. The topological polar surface area (TPSA) is 24.5 Å². The Hall–Kier alpha value is -0.120. The van der Waals surface area contributed by atoms with Gasteiger partial charge >= 0.3 is 0 Å². The van der Waals surface area contributed by atoms with Crippen LogP contribution in [-0.2, 0) is 4.74 Å². The number of nitrogens with one attached hydrogen (secondary N) is 1. The Balaban J connectivity index is 3.68. The summed E-state index contributed by atoms with van der Waals surface area (Å²) in [6, 6.07) is 0.567. The van der Waals surface area contributed by atoms with Crippen molar-refractivity contribution in [1.29, 1.82) is 0 Å². The van der Waals surface area contributed by atoms with Gasteiger partial charge < -0.3 is 10.1 Å². The summed E-state index contributed by atoms with van der Waals surface area (Å²) in [5.41, 5.74) is 0.284. The zero-order valence-electron chi connectivity index (χ0n) is 12.7. The monoisotopic (exact) mass is 244 g/mol. The van der Waals surface area contributed by atoms with E-state index in [0.717, 1.165) is 32.7 Å². The van der Waals surface area contributed by atoms with Crippen molar-refractivity contribution in [2.45, 2.75) is 59.0 Å². The molecule has 0 saturated carbocycles. The highest BCUT2D eigenvalue weighted by molar-refractivity contribution is 4.82. The third-order valence-corrected chi connectivity index (χ3v) is 3.77. The van der Waals surface area contributed by atoms with Crippen LogP contribution in [0.1, 0.15) is 47.5 Å². The summed E-state index contributed by atoms with van der Waals surface area (Å²) in [4.78, 5) is 2.46. The van der Waals surface area contributed by atoms with E-state index in [1.807, 2.05) is 6.92 Å². The van der Waals surface area contributed by atoms with Gasteiger partial charge in [-0.05, 0) is 54.1 Å². The molecule has 0 aromatic carbocycles. The van der Waals surface area contributed by atoms with Crippen LogP contribution in [0.15, 0.2) is 0 Å². The lowest BCUT2D eigenvalue weighted by molar-refractivity contribution is 0.104. The summed E-state index contributed by atoms with van der Waals surface area (Å²) >= 11 is 0. The second-order valence-corrected chi connectivity index (χ2v) is 5.38. The number of rotatable bonds is 10. The lowest BCUT2D eigenvalue weighted by atomic mass is 9.98. The predicted octanol–water partition coefficient (Wildman–Crippen LogP) is 2.51. The summed E-state index contributed by atoms with van der Waals surface area (Å²) < 4.78 is 5.31. The molecule has 1 unspecified atom stereocenters. The maximum absolute atomic E-state index is 5.31. The Labute approximate surface area is 108 Å². The zero-order valence-corrected chi connectivity index (χ0v) is 12.7. The number of nitrogens with zero attached hydrogens (tertiary/aromatic N) is 1. The van der Waals surface area contributed by atoms with Crippen LogP contribution in [0.25, 0.3) is 0 Å². The highest BCUT2D eigenvalue weighted by Gasteiger charge is 2.24. The predicted molar refractivity (Wildman–Crippen MR) is 75.6 cm³/mol. The van der Waals surface area contributed by atoms with Crippen LogP contribution in [0.5, 0.6) is 0 Å². The minimum Gasteiger partial charge on any atom is -0.382 e. The van der Waals surface area contributed by atoms with E-state index in [1.165, 1.54) is 6.42 Å². The SMILES string of the molecule is CCOCCCNCC(C)N(C)C(C)(C)CC. The van der Waals surface area contributed by atoms with E-state index >= 15 is 0 Å². The molecule has 0 heterocycles. The van der Waals surface area contributed by atoms with Crippen LogP contribution in [-0.4, -0.2) is 49.8 Å². The molecule has 17 heavy (non-hydrogen) atoms. The van der Waals surface area contributed by atoms with E-state index in [0.29, 0.717) is 6.04 Å². The third kappa shape index (κ3) is 7.02. The van der Waals surface area contributed by atoms with Crippen molar-refractivity contribution in [2.75, 3.05) is 33.4 Å². The molecule has 0 radical (unpaired) electrons. The fourth-order valence-corrected chi connectivity index (χ4v) is 1.74. The van der Waals surface area contributed by atoms with Gasteiger partial charge in [0, 0.05) is 31.3 Å². The first-order chi connectivity index (χ1) is 7.95. The maximum atomic E-state index is 5.31. The largest absolute Gasteiger partial charge is 0.382 e. The molecule has 0 aliphatic heterocycles. The molecule has 0 amide bonds. The van der Waals surface area contributed by atoms with E-state index in [-0.39, 0.29) is 5.54 Å². The second-order valence-electron chi connectivity index (χ2n) is 5.38. The van der Waals surface area contributed by atoms with Gasteiger partial charge in [0.15, 0.2) is 0 Å². The number of likely N-dealkylation sites (N-methyl/N-ethyl adjacent to an activating group) is 1. The quantitative estimate of drug-likeness (QED) is 0.598. The Kier molecular flexibility index (Phi) is 8.83. The third-order valence-electron chi connectivity index (χ3n) is 3.77. The van der Waals surface area contributed by atoms with Crippen LogP contribution in [0.2, 0.25) is 0 Å². The van der Waals surface area contributed by atoms with Crippen LogP contribution < -0.4 is 5.32 Å². The molecule has 0 bridgehead atoms. The lowest BCUT2D eigenvalue weighted by Gasteiger charge is -2.39. The van der Waals surface area contributed by atoms with Crippen molar-refractivity contribution in [3.05, 3.63) is 0 Å². The molecule has 3 heteroatoms. The Morgan fingerprint density at radius 1 is 1.29 bits per heavy atom. The summed E-state index contributed by atoms with van der Waals surface area (Å²) in [6.45, 7) is 15.0. The van der Waals surface area contributed by atoms with E-state index in [2.05, 4.69) is 45.0 Å². The number of ether oxygens (including phenoxy) is 1. The molecular formula is C14H32N2O. The summed E-state index contributed by atoms with van der Waals surface area (Å²) in [6.07, 6.45) is 2.28. The van der Waals surface area contributed by atoms with Crippen molar-refractivity contribution in [1.82, 2.24) is 10.2 Å². The fourth-order valence-electron chi connectivity index (χ4n) is 1.74. The molecule has 0 aromatic rings. The van der Waals surface area contributed by atoms with Gasteiger partial charge in [0.05, 0.1) is 0 Å². The summed E-state index contributed by atoms with van der Waals surface area (Å²) in [5, 5.41) is 3.50. The first-order valence-electron chi connectivity index (χ1n) is 6.97. The molecule has 0 rings (SSSR count). The molecule has 3 nitrogen and oxygen atoms in total. The van der Waals surface area contributed by atoms with Crippen LogP contribution in [0.4, 0.5) is 0 Å². The van der Waals surface area contributed by atoms with Gasteiger partial charge in [-0.3, -0.25) is 4.90 Å². The molecule has 104 valence electrons. The molecule has 1 N–H and O–H groups in total. The first kappa shape index (κ1) is 16.9. The zero-order chi connectivity index (χ0) is 13.3. The Bertz CT molecular complexity index is 183. The minimum atomic E-state index is 0.284. The normalized spacial score (nSPS) is 14.3. The maximum Gasteiger partial charge on any atom is 0.0477 e. The van der Waals surface area contributed by atoms with Crippen LogP contribution in [0.3, 0.4) is 0 Å². The molecule has 1 atom stereocenters. The van der Waals surface area contributed by atoms with Crippen molar-refractivity contribution >= 4 is 0 Å². The van der Waals surface area contributed by atoms with E-state index in [4.69, 9.17) is 4.74 Å². The average molecular weight is 244 g/mol. The lowest BCUT2D eigenvalue weighted by Crippen LogP contribution is -2.49. The van der Waals surface area contributed by atoms with Gasteiger partial charge in [-0.25, -0.2) is 0 Å². The molecule has 0 aliphatic carbocycles. The van der Waals surface area contributed by atoms with Gasteiger partial charge in [0.1, 0.15) is 0 Å². The standard InChI is InChI=1S/C14H32N2O/c1-7-14(4,5)16(6)13(3)12-15-10-9-11-17-8-2/h13,15H,7-12H2,1-6H3. The molecule has 0 spiro atoms. The van der Waals surface area contributed by atoms with Gasteiger partial charge in [-0.15, -0.1) is 0 Å². The van der Waals surface area contributed by atoms with Crippen molar-refractivity contribution < 1.29 is 4.74 Å². The molecule has 0 saturated heterocycles. The van der Waals surface area contributed by atoms with E-state index in [1.54, 1.807) is 0 Å². The molecule has 0 aromatic heterocycles. The van der Waals surface area contributed by atoms with Crippen LogP contribution >= 0.6 is 0 Å². The Morgan fingerprint density at radius 3 is 2.47 bits per heavy atom. The molecule has 0 aliphatic rings. The van der Waals surface area contributed by atoms with Gasteiger partial charge in [0.2, 0.25) is 0 Å². The van der Waals surface area contributed by atoms with Crippen molar-refractivity contribution in [2.24, 2.45) is 0 Å². The average Bonchev–Trinajstić information content (AvgIpc) is 2.32. The molecular weight excluding hydrogens is 212 g/mol. The summed E-state index contributed by atoms with van der Waals surface area (Å²) in [5.74, 6) is 0. The van der Waals surface area contributed by atoms with Crippen LogP contribution in [0, 0.1) is 0 Å². The summed E-state index contributed by atoms with van der Waals surface area (Å²) in [7, 11) is 2.22. The number of hydrogen-bond acceptors (Lipinski definition) is 3. The smallest absolute Gasteiger partial charge is 0.0477 e. The number of hydrogen-bond donors (Lipinski definition) is 1. The first-order valence-corrected chi connectivity index (χ1v) is 6.97. The van der Waals surface area contributed by atoms with Gasteiger partial charge in [0.25, 0.3) is 0 Å². The van der Waals surface area contributed by atoms with E-state index < -0.39 is 0 Å². The van der Waals surface area contributed by atoms with Gasteiger partial charge in [-0.2, -0.15) is 0 Å². The highest BCUT2D eigenvalue weighted by Crippen LogP contribution is 2.18. The van der Waals surface area contributed by atoms with Crippen molar-refractivity contribution in [3.8, 4) is 0 Å². The van der Waals surface area contributed by atoms with E-state index in [9.17, 15) is 0 Å². The van der Waals surface area contributed by atoms with Crippen molar-refractivity contribution in [3.63, 3.8) is 0 Å².